The van der Waals surface area contributed by atoms with Crippen molar-refractivity contribution in [1.82, 2.24) is 10.2 Å². The molecule has 0 radical (unpaired) electrons. The van der Waals surface area contributed by atoms with Gasteiger partial charge < -0.3 is 15.2 Å². The van der Waals surface area contributed by atoms with Crippen LogP contribution in [0.5, 0.6) is 11.5 Å². The maximum atomic E-state index is 10.4. The topological polar surface area (TPSA) is 44.7 Å². The molecular formula is C15H21BrN2O2. The van der Waals surface area contributed by atoms with E-state index in [0.717, 1.165) is 42.6 Å². The molecule has 1 saturated heterocycles. The summed E-state index contributed by atoms with van der Waals surface area (Å²) < 4.78 is 6.15. The lowest BCUT2D eigenvalue weighted by molar-refractivity contribution is 0.171. The van der Waals surface area contributed by atoms with Gasteiger partial charge in [-0.25, -0.2) is 0 Å². The van der Waals surface area contributed by atoms with Crippen LogP contribution in [-0.2, 0) is 0 Å². The van der Waals surface area contributed by atoms with E-state index < -0.39 is 0 Å². The highest BCUT2D eigenvalue weighted by Gasteiger charge is 2.25. The van der Waals surface area contributed by atoms with E-state index >= 15 is 0 Å². The molecule has 0 amide bonds. The van der Waals surface area contributed by atoms with Gasteiger partial charge in [-0.1, -0.05) is 22.0 Å². The summed E-state index contributed by atoms with van der Waals surface area (Å²) in [7, 11) is 1.57. The van der Waals surface area contributed by atoms with E-state index in [1.54, 1.807) is 13.2 Å². The predicted molar refractivity (Wildman–Crippen MR) is 84.4 cm³/mol. The maximum absolute atomic E-state index is 10.4. The summed E-state index contributed by atoms with van der Waals surface area (Å²) in [6.45, 7) is 7.72. The van der Waals surface area contributed by atoms with Crippen LogP contribution in [0.1, 0.15) is 18.0 Å². The summed E-state index contributed by atoms with van der Waals surface area (Å²) in [6, 6.07) is 3.87. The van der Waals surface area contributed by atoms with Crippen LogP contribution in [0.25, 0.3) is 0 Å². The molecule has 2 N–H and O–H groups in total. The van der Waals surface area contributed by atoms with Gasteiger partial charge in [-0.05, 0) is 18.6 Å². The average molecular weight is 341 g/mol. The fourth-order valence-corrected chi connectivity index (χ4v) is 3.08. The maximum Gasteiger partial charge on any atom is 0.162 e. The standard InChI is InChI=1S/C15H21BrN2O2/c1-3-4-13(18-7-5-17-6-8-18)12-9-11(16)10-14(20-2)15(12)19/h3,9-10,13,17,19H,1,4-8H2,2H3/t13-/m0/s1. The number of phenolic OH excluding ortho intramolecular Hbond substituents is 1. The molecule has 1 heterocycles. The molecule has 1 aromatic carbocycles. The number of hydrogen-bond donors (Lipinski definition) is 2. The van der Waals surface area contributed by atoms with Crippen LogP contribution in [0.15, 0.2) is 29.3 Å². The van der Waals surface area contributed by atoms with Crippen LogP contribution in [-0.4, -0.2) is 43.3 Å². The molecule has 5 heteroatoms. The van der Waals surface area contributed by atoms with Gasteiger partial charge in [-0.2, -0.15) is 0 Å². The number of ether oxygens (including phenoxy) is 1. The second kappa shape index (κ2) is 7.11. The van der Waals surface area contributed by atoms with Gasteiger partial charge in [0.25, 0.3) is 0 Å². The minimum atomic E-state index is 0.126. The van der Waals surface area contributed by atoms with Crippen LogP contribution in [0, 0.1) is 0 Å². The molecule has 1 fully saturated rings. The second-order valence-electron chi connectivity index (χ2n) is 4.87. The third-order valence-corrected chi connectivity index (χ3v) is 4.09. The van der Waals surface area contributed by atoms with E-state index in [0.29, 0.717) is 5.75 Å². The number of nitrogens with zero attached hydrogens (tertiary/aromatic N) is 1. The highest BCUT2D eigenvalue weighted by molar-refractivity contribution is 9.10. The Hall–Kier alpha value is -1.04. The zero-order valence-electron chi connectivity index (χ0n) is 11.7. The van der Waals surface area contributed by atoms with Crippen LogP contribution in [0.4, 0.5) is 0 Å². The van der Waals surface area contributed by atoms with E-state index in [2.05, 4.69) is 32.7 Å². The third kappa shape index (κ3) is 3.34. The van der Waals surface area contributed by atoms with E-state index in [1.807, 2.05) is 12.1 Å². The molecule has 0 bridgehead atoms. The van der Waals surface area contributed by atoms with Gasteiger partial charge in [0.1, 0.15) is 0 Å². The molecule has 2 rings (SSSR count). The van der Waals surface area contributed by atoms with Gasteiger partial charge >= 0.3 is 0 Å². The van der Waals surface area contributed by atoms with Crippen LogP contribution < -0.4 is 10.1 Å². The zero-order valence-corrected chi connectivity index (χ0v) is 13.3. The highest BCUT2D eigenvalue weighted by Crippen LogP contribution is 2.40. The van der Waals surface area contributed by atoms with Crippen LogP contribution in [0.3, 0.4) is 0 Å². The number of nitrogens with one attached hydrogen (secondary N) is 1. The first kappa shape index (κ1) is 15.4. The quantitative estimate of drug-likeness (QED) is 0.809. The van der Waals surface area contributed by atoms with Crippen molar-refractivity contribution in [3.8, 4) is 11.5 Å². The van der Waals surface area contributed by atoms with Gasteiger partial charge in [0.15, 0.2) is 11.5 Å². The Morgan fingerprint density at radius 2 is 2.20 bits per heavy atom. The number of hydrogen-bond acceptors (Lipinski definition) is 4. The Balaban J connectivity index is 2.37. The Bertz CT molecular complexity index is 473. The summed E-state index contributed by atoms with van der Waals surface area (Å²) in [5, 5.41) is 13.8. The van der Waals surface area contributed by atoms with Gasteiger partial charge in [0.05, 0.1) is 7.11 Å². The zero-order chi connectivity index (χ0) is 14.5. The monoisotopic (exact) mass is 340 g/mol. The molecule has 1 aliphatic heterocycles. The normalized spacial score (nSPS) is 17.7. The van der Waals surface area contributed by atoms with Gasteiger partial charge in [0.2, 0.25) is 0 Å². The fourth-order valence-electron chi connectivity index (χ4n) is 2.63. The number of halogens is 1. The SMILES string of the molecule is C=CC[C@@H](c1cc(Br)cc(OC)c1O)N1CCNCC1. The number of phenols is 1. The summed E-state index contributed by atoms with van der Waals surface area (Å²) in [5.74, 6) is 0.722. The van der Waals surface area contributed by atoms with Crippen molar-refractivity contribution in [2.75, 3.05) is 33.3 Å². The largest absolute Gasteiger partial charge is 0.504 e. The van der Waals surface area contributed by atoms with Gasteiger partial charge in [-0.15, -0.1) is 6.58 Å². The summed E-state index contributed by atoms with van der Waals surface area (Å²) >= 11 is 3.48. The second-order valence-corrected chi connectivity index (χ2v) is 5.79. The molecule has 0 unspecified atom stereocenters. The summed E-state index contributed by atoms with van der Waals surface area (Å²) in [5.41, 5.74) is 0.887. The number of piperazine rings is 1. The number of aromatic hydroxyl groups is 1. The van der Waals surface area contributed by atoms with Crippen molar-refractivity contribution in [2.24, 2.45) is 0 Å². The molecule has 1 aliphatic rings. The van der Waals surface area contributed by atoms with E-state index in [-0.39, 0.29) is 11.8 Å². The first-order chi connectivity index (χ1) is 9.67. The molecular weight excluding hydrogens is 320 g/mol. The van der Waals surface area contributed by atoms with Gasteiger partial charge in [0, 0.05) is 42.3 Å². The molecule has 110 valence electrons. The smallest absolute Gasteiger partial charge is 0.162 e. The average Bonchev–Trinajstić information content (AvgIpc) is 2.48. The fraction of sp³-hybridized carbons (Fsp3) is 0.467. The number of benzene rings is 1. The molecule has 0 saturated carbocycles. The van der Waals surface area contributed by atoms with Crippen molar-refractivity contribution in [1.29, 1.82) is 0 Å². The van der Waals surface area contributed by atoms with Crippen molar-refractivity contribution in [3.05, 3.63) is 34.8 Å². The Morgan fingerprint density at radius 1 is 1.50 bits per heavy atom. The number of methoxy groups -OCH3 is 1. The highest BCUT2D eigenvalue weighted by atomic mass is 79.9. The van der Waals surface area contributed by atoms with Crippen molar-refractivity contribution in [3.63, 3.8) is 0 Å². The Labute approximate surface area is 128 Å². The summed E-state index contributed by atoms with van der Waals surface area (Å²) in [6.07, 6.45) is 2.70. The van der Waals surface area contributed by atoms with E-state index in [1.165, 1.54) is 0 Å². The molecule has 4 nitrogen and oxygen atoms in total. The predicted octanol–water partition coefficient (Wildman–Crippen LogP) is 2.69. The molecule has 0 aromatic heterocycles. The van der Waals surface area contributed by atoms with Gasteiger partial charge in [-0.3, -0.25) is 4.90 Å². The molecule has 1 atom stereocenters. The lowest BCUT2D eigenvalue weighted by atomic mass is 9.99. The first-order valence-corrected chi connectivity index (χ1v) is 7.58. The Kier molecular flexibility index (Phi) is 5.46. The van der Waals surface area contributed by atoms with Crippen LogP contribution >= 0.6 is 15.9 Å². The molecule has 0 aliphatic carbocycles. The van der Waals surface area contributed by atoms with Crippen molar-refractivity contribution in [2.45, 2.75) is 12.5 Å². The van der Waals surface area contributed by atoms with E-state index in [4.69, 9.17) is 4.74 Å². The third-order valence-electron chi connectivity index (χ3n) is 3.63. The lowest BCUT2D eigenvalue weighted by Gasteiger charge is -2.35. The van der Waals surface area contributed by atoms with Crippen LogP contribution in [0.2, 0.25) is 0 Å². The first-order valence-electron chi connectivity index (χ1n) is 6.79. The number of rotatable bonds is 5. The lowest BCUT2D eigenvalue weighted by Crippen LogP contribution is -2.45. The molecule has 1 aromatic rings. The van der Waals surface area contributed by atoms with Crippen molar-refractivity contribution < 1.29 is 9.84 Å². The Morgan fingerprint density at radius 3 is 2.80 bits per heavy atom. The molecule has 0 spiro atoms. The van der Waals surface area contributed by atoms with E-state index in [9.17, 15) is 5.11 Å². The minimum Gasteiger partial charge on any atom is -0.504 e. The summed E-state index contributed by atoms with van der Waals surface area (Å²) in [4.78, 5) is 2.37. The minimum absolute atomic E-state index is 0.126. The molecule has 20 heavy (non-hydrogen) atoms. The van der Waals surface area contributed by atoms with Crippen molar-refractivity contribution >= 4 is 15.9 Å².